The molecule has 0 saturated carbocycles. The average Bonchev–Trinajstić information content (AvgIpc) is 2.96. The van der Waals surface area contributed by atoms with E-state index >= 15 is 0 Å². The molecule has 84 valence electrons. The summed E-state index contributed by atoms with van der Waals surface area (Å²) in [5.74, 6) is 0.799. The van der Waals surface area contributed by atoms with E-state index < -0.39 is 0 Å². The molecule has 17 heavy (non-hydrogen) atoms. The second-order valence-corrected chi connectivity index (χ2v) is 4.90. The number of fused-ring (bicyclic) bond motifs is 7. The van der Waals surface area contributed by atoms with E-state index in [1.807, 2.05) is 24.3 Å². The summed E-state index contributed by atoms with van der Waals surface area (Å²) in [7, 11) is 0. The Labute approximate surface area is 98.8 Å². The van der Waals surface area contributed by atoms with Gasteiger partial charge in [0.2, 0.25) is 0 Å². The van der Waals surface area contributed by atoms with E-state index in [0.29, 0.717) is 5.92 Å². The zero-order valence-electron chi connectivity index (χ0n) is 9.22. The van der Waals surface area contributed by atoms with Crippen molar-refractivity contribution in [2.45, 2.75) is 18.3 Å². The molecule has 2 atom stereocenters. The molecule has 2 aliphatic rings. The van der Waals surface area contributed by atoms with Crippen LogP contribution < -0.4 is 0 Å². The number of phenolic OH excluding ortho intramolecular Hbond substituents is 2. The van der Waals surface area contributed by atoms with Crippen molar-refractivity contribution < 1.29 is 10.2 Å². The van der Waals surface area contributed by atoms with Crippen LogP contribution >= 0.6 is 0 Å². The highest BCUT2D eigenvalue weighted by Gasteiger charge is 2.37. The highest BCUT2D eigenvalue weighted by atomic mass is 16.3. The normalized spacial score (nSPS) is 24.5. The number of rotatable bonds is 0. The van der Waals surface area contributed by atoms with E-state index in [2.05, 4.69) is 12.2 Å². The maximum absolute atomic E-state index is 10.2. The van der Waals surface area contributed by atoms with Gasteiger partial charge in [0, 0.05) is 22.8 Å². The smallest absolute Gasteiger partial charge is 0.165 e. The first-order chi connectivity index (χ1) is 8.27. The minimum absolute atomic E-state index is 0.0281. The molecule has 0 heterocycles. The first kappa shape index (κ1) is 9.11. The monoisotopic (exact) mass is 224 g/mol. The van der Waals surface area contributed by atoms with E-state index in [4.69, 9.17) is 0 Å². The largest absolute Gasteiger partial charge is 0.504 e. The standard InChI is InChI=1S/C15H12O2/c16-14-11-4-2-1-3-10(11)12-8-5-6-9(7-8)13(12)15(14)17/h1-6,8-9,16-17H,7H2. The minimum Gasteiger partial charge on any atom is -0.504 e. The van der Waals surface area contributed by atoms with Crippen LogP contribution in [0.5, 0.6) is 11.5 Å². The highest BCUT2D eigenvalue weighted by molar-refractivity contribution is 5.96. The van der Waals surface area contributed by atoms with Crippen LogP contribution in [-0.2, 0) is 0 Å². The Bertz CT molecular complexity index is 670. The Hall–Kier alpha value is -1.96. The minimum atomic E-state index is 0.0281. The third-order valence-electron chi connectivity index (χ3n) is 4.07. The van der Waals surface area contributed by atoms with E-state index in [-0.39, 0.29) is 17.4 Å². The van der Waals surface area contributed by atoms with E-state index in [1.54, 1.807) is 0 Å². The van der Waals surface area contributed by atoms with Crippen molar-refractivity contribution in [3.05, 3.63) is 47.5 Å². The lowest BCUT2D eigenvalue weighted by atomic mass is 9.90. The number of hydrogen-bond donors (Lipinski definition) is 2. The molecular weight excluding hydrogens is 212 g/mol. The zero-order chi connectivity index (χ0) is 11.6. The van der Waals surface area contributed by atoms with Crippen LogP contribution in [0.2, 0.25) is 0 Å². The number of benzene rings is 2. The van der Waals surface area contributed by atoms with Crippen molar-refractivity contribution >= 4 is 10.8 Å². The average molecular weight is 224 g/mol. The molecule has 0 aliphatic heterocycles. The fourth-order valence-corrected chi connectivity index (χ4v) is 3.35. The highest BCUT2D eigenvalue weighted by Crippen LogP contribution is 2.56. The van der Waals surface area contributed by atoms with Gasteiger partial charge in [0.25, 0.3) is 0 Å². The molecule has 0 aromatic heterocycles. The number of allylic oxidation sites excluding steroid dienone is 2. The Morgan fingerprint density at radius 1 is 0.824 bits per heavy atom. The van der Waals surface area contributed by atoms with Gasteiger partial charge >= 0.3 is 0 Å². The molecule has 0 spiro atoms. The second kappa shape index (κ2) is 2.83. The molecule has 2 aromatic carbocycles. The molecule has 0 radical (unpaired) electrons. The first-order valence-electron chi connectivity index (χ1n) is 5.92. The molecule has 2 aromatic rings. The summed E-state index contributed by atoms with van der Waals surface area (Å²) in [6.45, 7) is 0. The number of hydrogen-bond acceptors (Lipinski definition) is 2. The van der Waals surface area contributed by atoms with Crippen LogP contribution in [0.25, 0.3) is 10.8 Å². The van der Waals surface area contributed by atoms with Gasteiger partial charge in [-0.25, -0.2) is 0 Å². The Balaban J connectivity index is 2.22. The SMILES string of the molecule is Oc1c2c(c3ccccc3c1O)C1C=CC2C1. The topological polar surface area (TPSA) is 40.5 Å². The van der Waals surface area contributed by atoms with E-state index in [9.17, 15) is 10.2 Å². The summed E-state index contributed by atoms with van der Waals surface area (Å²) in [6, 6.07) is 7.76. The van der Waals surface area contributed by atoms with Gasteiger partial charge in [0.05, 0.1) is 0 Å². The van der Waals surface area contributed by atoms with Crippen LogP contribution in [0.4, 0.5) is 0 Å². The van der Waals surface area contributed by atoms with Crippen molar-refractivity contribution in [1.82, 2.24) is 0 Å². The van der Waals surface area contributed by atoms with Crippen molar-refractivity contribution in [3.8, 4) is 11.5 Å². The molecular formula is C15H12O2. The quantitative estimate of drug-likeness (QED) is 0.532. The second-order valence-electron chi connectivity index (χ2n) is 4.90. The lowest BCUT2D eigenvalue weighted by Crippen LogP contribution is -1.95. The summed E-state index contributed by atoms with van der Waals surface area (Å²) in [6.07, 6.45) is 5.40. The summed E-state index contributed by atoms with van der Waals surface area (Å²) in [4.78, 5) is 0. The number of phenols is 2. The molecule has 0 amide bonds. The summed E-state index contributed by atoms with van der Waals surface area (Å²) < 4.78 is 0. The third-order valence-corrected chi connectivity index (χ3v) is 4.07. The lowest BCUT2D eigenvalue weighted by Gasteiger charge is -2.17. The van der Waals surface area contributed by atoms with Crippen LogP contribution in [0, 0.1) is 0 Å². The molecule has 2 bridgehead atoms. The van der Waals surface area contributed by atoms with Gasteiger partial charge in [-0.1, -0.05) is 36.4 Å². The third kappa shape index (κ3) is 0.960. The lowest BCUT2D eigenvalue weighted by molar-refractivity contribution is 0.403. The zero-order valence-corrected chi connectivity index (χ0v) is 9.22. The van der Waals surface area contributed by atoms with Crippen molar-refractivity contribution in [3.63, 3.8) is 0 Å². The van der Waals surface area contributed by atoms with Crippen LogP contribution in [0.15, 0.2) is 36.4 Å². The van der Waals surface area contributed by atoms with Gasteiger partial charge in [-0.15, -0.1) is 0 Å². The van der Waals surface area contributed by atoms with Gasteiger partial charge in [0.1, 0.15) is 0 Å². The fourth-order valence-electron chi connectivity index (χ4n) is 3.35. The molecule has 2 unspecified atom stereocenters. The molecule has 2 heteroatoms. The fraction of sp³-hybridized carbons (Fsp3) is 0.200. The van der Waals surface area contributed by atoms with Gasteiger partial charge in [-0.2, -0.15) is 0 Å². The molecule has 2 N–H and O–H groups in total. The van der Waals surface area contributed by atoms with E-state index in [1.165, 1.54) is 5.56 Å². The molecule has 2 aliphatic carbocycles. The van der Waals surface area contributed by atoms with Gasteiger partial charge in [0.15, 0.2) is 11.5 Å². The Morgan fingerprint density at radius 2 is 1.47 bits per heavy atom. The first-order valence-corrected chi connectivity index (χ1v) is 5.92. The predicted molar refractivity (Wildman–Crippen MR) is 66.5 cm³/mol. The molecule has 4 rings (SSSR count). The molecule has 2 nitrogen and oxygen atoms in total. The summed E-state index contributed by atoms with van der Waals surface area (Å²) in [5.41, 5.74) is 2.15. The van der Waals surface area contributed by atoms with E-state index in [0.717, 1.165) is 22.8 Å². The van der Waals surface area contributed by atoms with Crippen LogP contribution in [-0.4, -0.2) is 10.2 Å². The van der Waals surface area contributed by atoms with Crippen molar-refractivity contribution in [2.24, 2.45) is 0 Å². The van der Waals surface area contributed by atoms with Crippen molar-refractivity contribution in [2.75, 3.05) is 0 Å². The molecule has 0 fully saturated rings. The summed E-state index contributed by atoms with van der Waals surface area (Å²) in [5, 5.41) is 22.1. The van der Waals surface area contributed by atoms with Crippen molar-refractivity contribution in [1.29, 1.82) is 0 Å². The maximum Gasteiger partial charge on any atom is 0.165 e. The predicted octanol–water partition coefficient (Wildman–Crippen LogP) is 3.39. The molecule has 0 saturated heterocycles. The Morgan fingerprint density at radius 3 is 2.24 bits per heavy atom. The van der Waals surface area contributed by atoms with Crippen LogP contribution in [0.1, 0.15) is 29.4 Å². The van der Waals surface area contributed by atoms with Gasteiger partial charge in [-0.05, 0) is 17.4 Å². The van der Waals surface area contributed by atoms with Gasteiger partial charge < -0.3 is 10.2 Å². The summed E-state index contributed by atoms with van der Waals surface area (Å²) >= 11 is 0. The van der Waals surface area contributed by atoms with Gasteiger partial charge in [-0.3, -0.25) is 0 Å². The Kier molecular flexibility index (Phi) is 1.52. The maximum atomic E-state index is 10.2. The number of aromatic hydroxyl groups is 2. The van der Waals surface area contributed by atoms with Crippen LogP contribution in [0.3, 0.4) is 0 Å².